The third kappa shape index (κ3) is 4.67. The van der Waals surface area contributed by atoms with Crippen LogP contribution in [0, 0.1) is 17.7 Å². The first-order chi connectivity index (χ1) is 14.2. The summed E-state index contributed by atoms with van der Waals surface area (Å²) in [6, 6.07) is 3.80. The monoisotopic (exact) mass is 434 g/mol. The number of aromatic nitrogens is 2. The zero-order valence-corrected chi connectivity index (χ0v) is 18.5. The summed E-state index contributed by atoms with van der Waals surface area (Å²) >= 11 is 5.83. The Kier molecular flexibility index (Phi) is 6.81. The van der Waals surface area contributed by atoms with E-state index in [2.05, 4.69) is 24.1 Å². The van der Waals surface area contributed by atoms with Gasteiger partial charge in [0.25, 0.3) is 0 Å². The summed E-state index contributed by atoms with van der Waals surface area (Å²) in [5.41, 5.74) is 0.568. The average Bonchev–Trinajstić information content (AvgIpc) is 3.25. The minimum absolute atomic E-state index is 0.0113. The van der Waals surface area contributed by atoms with Crippen LogP contribution < -0.4 is 5.32 Å². The van der Waals surface area contributed by atoms with Gasteiger partial charge >= 0.3 is 0 Å². The zero-order valence-electron chi connectivity index (χ0n) is 17.7. The van der Waals surface area contributed by atoms with E-state index in [1.54, 1.807) is 17.2 Å². The van der Waals surface area contributed by atoms with Crippen molar-refractivity contribution < 1.29 is 14.0 Å². The summed E-state index contributed by atoms with van der Waals surface area (Å²) in [4.78, 5) is 31.8. The van der Waals surface area contributed by atoms with E-state index in [0.717, 1.165) is 12.4 Å². The molecule has 2 amide bonds. The van der Waals surface area contributed by atoms with Gasteiger partial charge < -0.3 is 14.8 Å². The number of nitrogens with one attached hydrogen (secondary N) is 1. The number of benzene rings is 1. The van der Waals surface area contributed by atoms with Gasteiger partial charge in [-0.1, -0.05) is 31.5 Å². The van der Waals surface area contributed by atoms with Crippen LogP contribution in [-0.4, -0.2) is 32.3 Å². The number of hydrogen-bond acceptors (Lipinski definition) is 3. The molecule has 0 spiro atoms. The van der Waals surface area contributed by atoms with Crippen molar-refractivity contribution in [2.75, 3.05) is 0 Å². The van der Waals surface area contributed by atoms with Crippen molar-refractivity contribution in [1.29, 1.82) is 0 Å². The first kappa shape index (κ1) is 22.3. The number of carbonyl (C=O) groups is 2. The number of amides is 2. The number of carbonyl (C=O) groups excluding carboxylic acids is 2. The molecule has 162 valence electrons. The second-order valence-corrected chi connectivity index (χ2v) is 8.84. The average molecular weight is 435 g/mol. The molecule has 1 aromatic heterocycles. The molecule has 1 fully saturated rings. The molecule has 0 bridgehead atoms. The first-order valence-electron chi connectivity index (χ1n) is 10.2. The highest BCUT2D eigenvalue weighted by Gasteiger charge is 2.45. The summed E-state index contributed by atoms with van der Waals surface area (Å²) in [6.07, 6.45) is 3.68. The molecule has 2 heterocycles. The van der Waals surface area contributed by atoms with Crippen LogP contribution in [0.5, 0.6) is 0 Å². The molecule has 30 heavy (non-hydrogen) atoms. The normalized spacial score (nSPS) is 19.2. The minimum atomic E-state index is -0.617. The van der Waals surface area contributed by atoms with E-state index in [-0.39, 0.29) is 35.8 Å². The Morgan fingerprint density at radius 3 is 2.70 bits per heavy atom. The van der Waals surface area contributed by atoms with E-state index in [9.17, 15) is 14.0 Å². The predicted molar refractivity (Wildman–Crippen MR) is 113 cm³/mol. The maximum Gasteiger partial charge on any atom is 0.226 e. The largest absolute Gasteiger partial charge is 0.349 e. The van der Waals surface area contributed by atoms with Crippen molar-refractivity contribution in [2.24, 2.45) is 11.8 Å². The number of nitrogens with zero attached hydrogens (tertiary/aromatic N) is 3. The molecule has 0 unspecified atom stereocenters. The molecular formula is C22H28ClFN4O2. The van der Waals surface area contributed by atoms with Crippen LogP contribution in [0.4, 0.5) is 4.39 Å². The molecule has 8 heteroatoms. The van der Waals surface area contributed by atoms with Gasteiger partial charge in [0.05, 0.1) is 23.5 Å². The van der Waals surface area contributed by atoms with Crippen LogP contribution in [0.1, 0.15) is 51.5 Å². The van der Waals surface area contributed by atoms with Crippen molar-refractivity contribution in [3.8, 4) is 0 Å². The van der Waals surface area contributed by atoms with Gasteiger partial charge in [-0.2, -0.15) is 0 Å². The molecule has 2 aromatic rings. The third-order valence-corrected chi connectivity index (χ3v) is 5.63. The molecule has 0 radical (unpaired) electrons. The summed E-state index contributed by atoms with van der Waals surface area (Å²) in [7, 11) is 0. The van der Waals surface area contributed by atoms with E-state index in [1.165, 1.54) is 12.1 Å². The quantitative estimate of drug-likeness (QED) is 0.717. The Morgan fingerprint density at radius 1 is 1.33 bits per heavy atom. The van der Waals surface area contributed by atoms with Gasteiger partial charge in [-0.25, -0.2) is 9.37 Å². The second kappa shape index (κ2) is 9.16. The lowest BCUT2D eigenvalue weighted by Crippen LogP contribution is -2.38. The Labute approximate surface area is 181 Å². The highest BCUT2D eigenvalue weighted by atomic mass is 35.5. The van der Waals surface area contributed by atoms with E-state index in [1.807, 2.05) is 24.6 Å². The maximum absolute atomic E-state index is 14.1. The van der Waals surface area contributed by atoms with Gasteiger partial charge in [0.15, 0.2) is 0 Å². The van der Waals surface area contributed by atoms with Crippen LogP contribution in [0.25, 0.3) is 0 Å². The fourth-order valence-electron chi connectivity index (χ4n) is 4.05. The smallest absolute Gasteiger partial charge is 0.226 e. The van der Waals surface area contributed by atoms with Crippen molar-refractivity contribution in [1.82, 2.24) is 19.8 Å². The number of imidazole rings is 1. The van der Waals surface area contributed by atoms with Crippen molar-refractivity contribution in [3.05, 3.63) is 52.8 Å². The molecule has 2 atom stereocenters. The molecule has 1 N–H and O–H groups in total. The van der Waals surface area contributed by atoms with Crippen LogP contribution >= 0.6 is 11.6 Å². The Bertz CT molecular complexity index is 928. The molecular weight excluding hydrogens is 407 g/mol. The second-order valence-electron chi connectivity index (χ2n) is 8.43. The Balaban J connectivity index is 1.81. The standard InChI is InChI=1S/C22H28ClFN4O2/c1-13(2)12-27-8-7-25-19(27)11-26-22(30)16-10-20(29)28(14(3)4)21(16)15-5-6-17(23)18(24)9-15/h5-9,13-14,16,21H,10-12H2,1-4H3,(H,26,30)/t16-,21-/m1/s1. The molecule has 1 aliphatic heterocycles. The lowest BCUT2D eigenvalue weighted by Gasteiger charge is -2.31. The van der Waals surface area contributed by atoms with Gasteiger partial charge in [-0.15, -0.1) is 0 Å². The van der Waals surface area contributed by atoms with E-state index in [0.29, 0.717) is 11.5 Å². The molecule has 0 saturated carbocycles. The van der Waals surface area contributed by atoms with Crippen LogP contribution in [0.2, 0.25) is 5.02 Å². The molecule has 1 aliphatic rings. The number of likely N-dealkylation sites (tertiary alicyclic amines) is 1. The van der Waals surface area contributed by atoms with Gasteiger partial charge in [0.1, 0.15) is 11.6 Å². The van der Waals surface area contributed by atoms with Gasteiger partial charge in [0.2, 0.25) is 11.8 Å². The highest BCUT2D eigenvalue weighted by molar-refractivity contribution is 6.30. The van der Waals surface area contributed by atoms with Crippen molar-refractivity contribution in [3.63, 3.8) is 0 Å². The Hall–Kier alpha value is -2.41. The van der Waals surface area contributed by atoms with E-state index in [4.69, 9.17) is 11.6 Å². The Morgan fingerprint density at radius 2 is 2.07 bits per heavy atom. The lowest BCUT2D eigenvalue weighted by atomic mass is 9.92. The fourth-order valence-corrected chi connectivity index (χ4v) is 4.17. The van der Waals surface area contributed by atoms with E-state index >= 15 is 0 Å². The van der Waals surface area contributed by atoms with Gasteiger partial charge in [-0.05, 0) is 37.5 Å². The van der Waals surface area contributed by atoms with Crippen molar-refractivity contribution in [2.45, 2.75) is 59.3 Å². The lowest BCUT2D eigenvalue weighted by molar-refractivity contribution is -0.130. The summed E-state index contributed by atoms with van der Waals surface area (Å²) in [5, 5.41) is 2.94. The van der Waals surface area contributed by atoms with Crippen LogP contribution in [-0.2, 0) is 22.7 Å². The minimum Gasteiger partial charge on any atom is -0.349 e. The van der Waals surface area contributed by atoms with Crippen LogP contribution in [0.3, 0.4) is 0 Å². The molecule has 1 saturated heterocycles. The number of rotatable bonds is 7. The third-order valence-electron chi connectivity index (χ3n) is 5.33. The van der Waals surface area contributed by atoms with E-state index < -0.39 is 17.8 Å². The topological polar surface area (TPSA) is 67.2 Å². The molecule has 1 aromatic carbocycles. The van der Waals surface area contributed by atoms with Gasteiger partial charge in [-0.3, -0.25) is 9.59 Å². The first-order valence-corrected chi connectivity index (χ1v) is 10.6. The summed E-state index contributed by atoms with van der Waals surface area (Å²) in [5.74, 6) is -0.333. The maximum atomic E-state index is 14.1. The molecule has 6 nitrogen and oxygen atoms in total. The summed E-state index contributed by atoms with van der Waals surface area (Å²) < 4.78 is 16.1. The number of halogens is 2. The molecule has 3 rings (SSSR count). The van der Waals surface area contributed by atoms with Crippen LogP contribution in [0.15, 0.2) is 30.6 Å². The van der Waals surface area contributed by atoms with Crippen molar-refractivity contribution >= 4 is 23.4 Å². The summed E-state index contributed by atoms with van der Waals surface area (Å²) in [6.45, 7) is 9.08. The molecule has 0 aliphatic carbocycles. The number of hydrogen-bond donors (Lipinski definition) is 1. The SMILES string of the molecule is CC(C)Cn1ccnc1CNC(=O)[C@@H]1CC(=O)N(C(C)C)[C@@H]1c1ccc(Cl)c(F)c1. The van der Waals surface area contributed by atoms with Gasteiger partial charge in [0, 0.05) is 31.4 Å². The zero-order chi connectivity index (χ0) is 22.0. The predicted octanol–water partition coefficient (Wildman–Crippen LogP) is 3.95. The fraction of sp³-hybridized carbons (Fsp3) is 0.500. The highest BCUT2D eigenvalue weighted by Crippen LogP contribution is 2.40.